The topological polar surface area (TPSA) is 80.5 Å². The zero-order valence-corrected chi connectivity index (χ0v) is 12.7. The third-order valence-corrected chi connectivity index (χ3v) is 4.78. The lowest BCUT2D eigenvalue weighted by molar-refractivity contribution is 0.0693. The lowest BCUT2D eigenvalue weighted by Crippen LogP contribution is -2.38. The number of amides is 1. The summed E-state index contributed by atoms with van der Waals surface area (Å²) in [6, 6.07) is 3.45. The van der Waals surface area contributed by atoms with Crippen LogP contribution in [0, 0.1) is 5.82 Å². The maximum Gasteiger partial charge on any atom is 0.254 e. The smallest absolute Gasteiger partial charge is 0.254 e. The van der Waals surface area contributed by atoms with Crippen LogP contribution in [0.2, 0.25) is 0 Å². The zero-order chi connectivity index (χ0) is 15.6. The summed E-state index contributed by atoms with van der Waals surface area (Å²) in [7, 11) is -4.19. The number of carbonyl (C=O) groups is 1. The van der Waals surface area contributed by atoms with E-state index in [4.69, 9.17) is 5.14 Å². The molecule has 0 atom stereocenters. The van der Waals surface area contributed by atoms with E-state index in [2.05, 4.69) is 0 Å². The fourth-order valence-corrected chi connectivity index (χ4v) is 3.43. The average molecular weight is 314 g/mol. The molecule has 0 radical (unpaired) electrons. The maximum atomic E-state index is 13.5. The molecule has 1 aromatic carbocycles. The number of benzene rings is 1. The molecule has 0 spiro atoms. The van der Waals surface area contributed by atoms with Gasteiger partial charge in [0.1, 0.15) is 10.7 Å². The molecule has 0 aliphatic heterocycles. The molecule has 7 heteroatoms. The van der Waals surface area contributed by atoms with E-state index in [9.17, 15) is 17.6 Å². The van der Waals surface area contributed by atoms with Crippen molar-refractivity contribution in [2.75, 3.05) is 6.54 Å². The van der Waals surface area contributed by atoms with Crippen LogP contribution < -0.4 is 5.14 Å². The van der Waals surface area contributed by atoms with Crippen molar-refractivity contribution in [3.05, 3.63) is 29.6 Å². The Balaban J connectivity index is 2.34. The summed E-state index contributed by atoms with van der Waals surface area (Å²) in [4.78, 5) is 13.6. The molecule has 5 nitrogen and oxygen atoms in total. The van der Waals surface area contributed by atoms with Crippen molar-refractivity contribution < 1.29 is 17.6 Å². The van der Waals surface area contributed by atoms with Crippen molar-refractivity contribution in [3.8, 4) is 0 Å². The minimum atomic E-state index is -4.19. The van der Waals surface area contributed by atoms with E-state index in [0.29, 0.717) is 6.54 Å². The number of hydrogen-bond acceptors (Lipinski definition) is 3. The Hall–Kier alpha value is -1.47. The summed E-state index contributed by atoms with van der Waals surface area (Å²) in [5, 5.41) is 4.96. The molecule has 0 heterocycles. The average Bonchev–Trinajstić information content (AvgIpc) is 2.92. The van der Waals surface area contributed by atoms with E-state index in [1.54, 1.807) is 4.90 Å². The minimum Gasteiger partial charge on any atom is -0.336 e. The van der Waals surface area contributed by atoms with Crippen LogP contribution in [0.5, 0.6) is 0 Å². The monoisotopic (exact) mass is 314 g/mol. The van der Waals surface area contributed by atoms with Crippen molar-refractivity contribution in [2.24, 2.45) is 5.14 Å². The van der Waals surface area contributed by atoms with Gasteiger partial charge in [0.25, 0.3) is 5.91 Å². The fourth-order valence-electron chi connectivity index (χ4n) is 2.80. The number of hydrogen-bond donors (Lipinski definition) is 1. The van der Waals surface area contributed by atoms with E-state index in [-0.39, 0.29) is 17.5 Å². The summed E-state index contributed by atoms with van der Waals surface area (Å²) in [5.41, 5.74) is 0.147. The van der Waals surface area contributed by atoms with E-state index in [0.717, 1.165) is 37.8 Å². The van der Waals surface area contributed by atoms with E-state index in [1.165, 1.54) is 6.07 Å². The lowest BCUT2D eigenvalue weighted by atomic mass is 10.1. The molecule has 1 amide bonds. The number of nitrogens with zero attached hydrogens (tertiary/aromatic N) is 1. The van der Waals surface area contributed by atoms with Crippen LogP contribution in [0.15, 0.2) is 23.1 Å². The summed E-state index contributed by atoms with van der Waals surface area (Å²) in [5.74, 6) is -1.23. The van der Waals surface area contributed by atoms with Crippen LogP contribution in [0.3, 0.4) is 0 Å². The number of nitrogens with two attached hydrogens (primary N) is 1. The molecular formula is C14H19FN2O3S. The van der Waals surface area contributed by atoms with Crippen LogP contribution in [-0.4, -0.2) is 31.8 Å². The standard InChI is InChI=1S/C14H19FN2O3S/c1-2-17(11-5-3-4-6-11)14(18)10-7-8-12(15)13(9-10)21(16,19)20/h7-9,11H,2-6H2,1H3,(H2,16,19,20). The molecule has 116 valence electrons. The molecule has 0 bridgehead atoms. The van der Waals surface area contributed by atoms with Crippen molar-refractivity contribution in [3.63, 3.8) is 0 Å². The summed E-state index contributed by atoms with van der Waals surface area (Å²) in [6.07, 6.45) is 4.06. The van der Waals surface area contributed by atoms with Crippen LogP contribution >= 0.6 is 0 Å². The first kappa shape index (κ1) is 15.9. The number of halogens is 1. The molecule has 1 saturated carbocycles. The Kier molecular flexibility index (Phi) is 4.63. The highest BCUT2D eigenvalue weighted by molar-refractivity contribution is 7.89. The molecule has 21 heavy (non-hydrogen) atoms. The minimum absolute atomic E-state index is 0.147. The van der Waals surface area contributed by atoms with Gasteiger partial charge in [0.15, 0.2) is 0 Å². The lowest BCUT2D eigenvalue weighted by Gasteiger charge is -2.27. The van der Waals surface area contributed by atoms with Gasteiger partial charge in [-0.15, -0.1) is 0 Å². The first-order valence-corrected chi connectivity index (χ1v) is 8.52. The second-order valence-electron chi connectivity index (χ2n) is 5.22. The number of primary sulfonamides is 1. The molecule has 0 unspecified atom stereocenters. The van der Waals surface area contributed by atoms with Crippen molar-refractivity contribution in [1.82, 2.24) is 4.90 Å². The van der Waals surface area contributed by atoms with Crippen LogP contribution in [0.25, 0.3) is 0 Å². The zero-order valence-electron chi connectivity index (χ0n) is 11.9. The second kappa shape index (κ2) is 6.11. The maximum absolute atomic E-state index is 13.5. The van der Waals surface area contributed by atoms with Gasteiger partial charge in [0.05, 0.1) is 0 Å². The van der Waals surface area contributed by atoms with Gasteiger partial charge in [0.2, 0.25) is 10.0 Å². The summed E-state index contributed by atoms with van der Waals surface area (Å²) < 4.78 is 36.2. The van der Waals surface area contributed by atoms with Crippen LogP contribution in [0.1, 0.15) is 43.0 Å². The first-order chi connectivity index (χ1) is 9.84. The van der Waals surface area contributed by atoms with Crippen molar-refractivity contribution >= 4 is 15.9 Å². The largest absolute Gasteiger partial charge is 0.336 e. The highest BCUT2D eigenvalue weighted by Gasteiger charge is 2.27. The van der Waals surface area contributed by atoms with Gasteiger partial charge in [0, 0.05) is 18.2 Å². The number of sulfonamides is 1. The van der Waals surface area contributed by atoms with Gasteiger partial charge in [-0.2, -0.15) is 0 Å². The normalized spacial score (nSPS) is 16.1. The Morgan fingerprint density at radius 1 is 1.38 bits per heavy atom. The Bertz CT molecular complexity index is 640. The molecule has 0 saturated heterocycles. The number of carbonyl (C=O) groups excluding carboxylic acids is 1. The Labute approximate surface area is 124 Å². The SMILES string of the molecule is CCN(C(=O)c1ccc(F)c(S(N)(=O)=O)c1)C1CCCC1. The van der Waals surface area contributed by atoms with Gasteiger partial charge in [-0.1, -0.05) is 12.8 Å². The second-order valence-corrected chi connectivity index (χ2v) is 6.75. The molecule has 1 aliphatic rings. The van der Waals surface area contributed by atoms with Gasteiger partial charge in [-0.25, -0.2) is 17.9 Å². The van der Waals surface area contributed by atoms with Gasteiger partial charge in [-0.05, 0) is 38.0 Å². The summed E-state index contributed by atoms with van der Waals surface area (Å²) in [6.45, 7) is 2.41. The predicted octanol–water partition coefficient (Wildman–Crippen LogP) is 1.88. The quantitative estimate of drug-likeness (QED) is 0.921. The van der Waals surface area contributed by atoms with Gasteiger partial charge >= 0.3 is 0 Å². The van der Waals surface area contributed by atoms with Crippen molar-refractivity contribution in [1.29, 1.82) is 0 Å². The van der Waals surface area contributed by atoms with Gasteiger partial charge in [-0.3, -0.25) is 4.79 Å². The molecule has 1 fully saturated rings. The van der Waals surface area contributed by atoms with E-state index in [1.807, 2.05) is 6.92 Å². The third kappa shape index (κ3) is 3.41. The van der Waals surface area contributed by atoms with Crippen LogP contribution in [-0.2, 0) is 10.0 Å². The van der Waals surface area contributed by atoms with Crippen LogP contribution in [0.4, 0.5) is 4.39 Å². The number of rotatable bonds is 4. The van der Waals surface area contributed by atoms with E-state index < -0.39 is 20.7 Å². The Morgan fingerprint density at radius 3 is 2.52 bits per heavy atom. The van der Waals surface area contributed by atoms with Crippen molar-refractivity contribution in [2.45, 2.75) is 43.5 Å². The third-order valence-electron chi connectivity index (χ3n) is 3.85. The molecular weight excluding hydrogens is 295 g/mol. The first-order valence-electron chi connectivity index (χ1n) is 6.98. The molecule has 1 aromatic rings. The molecule has 1 aliphatic carbocycles. The predicted molar refractivity (Wildman–Crippen MR) is 76.7 cm³/mol. The Morgan fingerprint density at radius 2 is 2.00 bits per heavy atom. The highest BCUT2D eigenvalue weighted by atomic mass is 32.2. The molecule has 2 N–H and O–H groups in total. The van der Waals surface area contributed by atoms with E-state index >= 15 is 0 Å². The van der Waals surface area contributed by atoms with Gasteiger partial charge < -0.3 is 4.90 Å². The summed E-state index contributed by atoms with van der Waals surface area (Å²) >= 11 is 0. The highest BCUT2D eigenvalue weighted by Crippen LogP contribution is 2.25. The fraction of sp³-hybridized carbons (Fsp3) is 0.500. The molecule has 2 rings (SSSR count). The molecule has 0 aromatic heterocycles.